The molecule has 2 atom stereocenters. The number of rotatable bonds is 3. The van der Waals surface area contributed by atoms with E-state index >= 15 is 0 Å². The van der Waals surface area contributed by atoms with Crippen LogP contribution in [0.1, 0.15) is 38.3 Å². The fraction of sp³-hybridized carbons (Fsp3) is 0.647. The van der Waals surface area contributed by atoms with Crippen LogP contribution >= 0.6 is 0 Å². The maximum absolute atomic E-state index is 3.61. The molecular formula is C17H28N2. The quantitative estimate of drug-likeness (QED) is 0.898. The second-order valence-electron chi connectivity index (χ2n) is 6.11. The van der Waals surface area contributed by atoms with Crippen LogP contribution in [-0.4, -0.2) is 30.6 Å². The van der Waals surface area contributed by atoms with Gasteiger partial charge in [0.15, 0.2) is 0 Å². The predicted molar refractivity (Wildman–Crippen MR) is 82.3 cm³/mol. The Morgan fingerprint density at radius 2 is 1.84 bits per heavy atom. The average molecular weight is 260 g/mol. The van der Waals surface area contributed by atoms with E-state index in [4.69, 9.17) is 0 Å². The molecule has 2 heteroatoms. The van der Waals surface area contributed by atoms with Crippen LogP contribution in [0.2, 0.25) is 0 Å². The summed E-state index contributed by atoms with van der Waals surface area (Å²) in [5.41, 5.74) is 2.88. The lowest BCUT2D eigenvalue weighted by Crippen LogP contribution is -2.42. The summed E-state index contributed by atoms with van der Waals surface area (Å²) in [4.78, 5) is 2.61. The smallest absolute Gasteiger partial charge is 0.0233 e. The Hall–Kier alpha value is -0.860. The molecule has 1 heterocycles. The summed E-state index contributed by atoms with van der Waals surface area (Å²) in [7, 11) is 0. The van der Waals surface area contributed by atoms with Crippen molar-refractivity contribution < 1.29 is 0 Å². The maximum Gasteiger partial charge on any atom is 0.0233 e. The number of nitrogens with one attached hydrogen (secondary N) is 1. The minimum absolute atomic E-state index is 0.646. The lowest BCUT2D eigenvalue weighted by molar-refractivity contribution is 0.195. The van der Waals surface area contributed by atoms with E-state index in [0.29, 0.717) is 6.04 Å². The van der Waals surface area contributed by atoms with Crippen molar-refractivity contribution in [3.8, 4) is 0 Å². The number of hydrogen-bond donors (Lipinski definition) is 1. The first-order chi connectivity index (χ1) is 9.17. The molecule has 106 valence electrons. The second-order valence-corrected chi connectivity index (χ2v) is 6.11. The van der Waals surface area contributed by atoms with Gasteiger partial charge in [0.25, 0.3) is 0 Å². The Morgan fingerprint density at radius 3 is 2.53 bits per heavy atom. The molecule has 2 rings (SSSR count). The molecule has 0 bridgehead atoms. The number of benzene rings is 1. The SMILES string of the molecule is CCc1ccc(CN2CCC(C)NCC(C)C2)cc1. The Labute approximate surface area is 118 Å². The summed E-state index contributed by atoms with van der Waals surface area (Å²) in [6, 6.07) is 9.78. The Balaban J connectivity index is 1.95. The molecule has 0 radical (unpaired) electrons. The highest BCUT2D eigenvalue weighted by molar-refractivity contribution is 5.22. The fourth-order valence-corrected chi connectivity index (χ4v) is 2.76. The number of aryl methyl sites for hydroxylation is 1. The molecule has 0 saturated carbocycles. The van der Waals surface area contributed by atoms with Crippen molar-refractivity contribution in [1.29, 1.82) is 0 Å². The zero-order valence-corrected chi connectivity index (χ0v) is 12.7. The molecule has 1 aliphatic rings. The predicted octanol–water partition coefficient (Wildman–Crippen LogP) is 3.07. The van der Waals surface area contributed by atoms with Gasteiger partial charge in [0.2, 0.25) is 0 Å². The van der Waals surface area contributed by atoms with Crippen LogP contribution < -0.4 is 5.32 Å². The van der Waals surface area contributed by atoms with Crippen molar-refractivity contribution in [2.45, 2.75) is 46.2 Å². The highest BCUT2D eigenvalue weighted by Gasteiger charge is 2.16. The van der Waals surface area contributed by atoms with Crippen molar-refractivity contribution >= 4 is 0 Å². The van der Waals surface area contributed by atoms with Crippen LogP contribution in [0.15, 0.2) is 24.3 Å². The minimum atomic E-state index is 0.646. The Kier molecular flexibility index (Phi) is 5.41. The van der Waals surface area contributed by atoms with Gasteiger partial charge in [0, 0.05) is 19.1 Å². The zero-order chi connectivity index (χ0) is 13.7. The number of nitrogens with zero attached hydrogens (tertiary/aromatic N) is 1. The van der Waals surface area contributed by atoms with Crippen molar-refractivity contribution in [1.82, 2.24) is 10.2 Å². The molecule has 0 spiro atoms. The average Bonchev–Trinajstić information content (AvgIpc) is 2.42. The molecule has 1 fully saturated rings. The molecule has 1 N–H and O–H groups in total. The first-order valence-electron chi connectivity index (χ1n) is 7.71. The van der Waals surface area contributed by atoms with E-state index in [9.17, 15) is 0 Å². The van der Waals surface area contributed by atoms with Crippen molar-refractivity contribution in [3.05, 3.63) is 35.4 Å². The van der Waals surface area contributed by atoms with E-state index in [0.717, 1.165) is 25.4 Å². The van der Waals surface area contributed by atoms with Gasteiger partial charge in [-0.1, -0.05) is 38.1 Å². The van der Waals surface area contributed by atoms with Crippen LogP contribution in [-0.2, 0) is 13.0 Å². The minimum Gasteiger partial charge on any atom is -0.314 e. The van der Waals surface area contributed by atoms with E-state index in [1.165, 1.54) is 30.6 Å². The molecule has 19 heavy (non-hydrogen) atoms. The van der Waals surface area contributed by atoms with E-state index < -0.39 is 0 Å². The van der Waals surface area contributed by atoms with Crippen molar-refractivity contribution in [2.24, 2.45) is 5.92 Å². The van der Waals surface area contributed by atoms with Gasteiger partial charge >= 0.3 is 0 Å². The molecule has 1 aromatic rings. The largest absolute Gasteiger partial charge is 0.314 e. The molecule has 1 aromatic carbocycles. The third kappa shape index (κ3) is 4.63. The summed E-state index contributed by atoms with van der Waals surface area (Å²) in [6.45, 7) is 11.5. The van der Waals surface area contributed by atoms with Gasteiger partial charge in [-0.25, -0.2) is 0 Å². The van der Waals surface area contributed by atoms with Crippen molar-refractivity contribution in [2.75, 3.05) is 19.6 Å². The van der Waals surface area contributed by atoms with Gasteiger partial charge in [0.1, 0.15) is 0 Å². The Morgan fingerprint density at radius 1 is 1.16 bits per heavy atom. The summed E-state index contributed by atoms with van der Waals surface area (Å²) >= 11 is 0. The van der Waals surface area contributed by atoms with E-state index in [1.807, 2.05) is 0 Å². The first kappa shape index (κ1) is 14.5. The third-order valence-corrected chi connectivity index (χ3v) is 4.10. The number of hydrogen-bond acceptors (Lipinski definition) is 2. The van der Waals surface area contributed by atoms with Gasteiger partial charge in [-0.2, -0.15) is 0 Å². The molecule has 0 aromatic heterocycles. The van der Waals surface area contributed by atoms with Gasteiger partial charge in [-0.15, -0.1) is 0 Å². The van der Waals surface area contributed by atoms with Gasteiger partial charge in [-0.05, 0) is 49.9 Å². The highest BCUT2D eigenvalue weighted by atomic mass is 15.1. The molecule has 0 amide bonds. The third-order valence-electron chi connectivity index (χ3n) is 4.10. The molecular weight excluding hydrogens is 232 g/mol. The second kappa shape index (κ2) is 7.06. The zero-order valence-electron chi connectivity index (χ0n) is 12.7. The van der Waals surface area contributed by atoms with Crippen LogP contribution in [0.25, 0.3) is 0 Å². The van der Waals surface area contributed by atoms with Crippen LogP contribution in [0.4, 0.5) is 0 Å². The molecule has 1 saturated heterocycles. The summed E-state index contributed by atoms with van der Waals surface area (Å²) in [6.07, 6.45) is 2.38. The molecule has 2 nitrogen and oxygen atoms in total. The van der Waals surface area contributed by atoms with Crippen LogP contribution in [0.5, 0.6) is 0 Å². The maximum atomic E-state index is 3.61. The van der Waals surface area contributed by atoms with E-state index in [-0.39, 0.29) is 0 Å². The van der Waals surface area contributed by atoms with Gasteiger partial charge in [-0.3, -0.25) is 4.90 Å². The summed E-state index contributed by atoms with van der Waals surface area (Å²) < 4.78 is 0. The van der Waals surface area contributed by atoms with Crippen LogP contribution in [0.3, 0.4) is 0 Å². The normalized spacial score (nSPS) is 25.8. The molecule has 2 unspecified atom stereocenters. The Bertz CT molecular complexity index is 371. The van der Waals surface area contributed by atoms with Gasteiger partial charge < -0.3 is 5.32 Å². The first-order valence-corrected chi connectivity index (χ1v) is 7.71. The standard InChI is InChI=1S/C17H28N2/c1-4-16-5-7-17(8-6-16)13-19-10-9-15(3)18-11-14(2)12-19/h5-8,14-15,18H,4,9-13H2,1-3H3. The van der Waals surface area contributed by atoms with Gasteiger partial charge in [0.05, 0.1) is 0 Å². The monoisotopic (exact) mass is 260 g/mol. The molecule has 0 aliphatic carbocycles. The van der Waals surface area contributed by atoms with E-state index in [1.54, 1.807) is 0 Å². The molecule has 1 aliphatic heterocycles. The lowest BCUT2D eigenvalue weighted by atomic mass is 10.1. The summed E-state index contributed by atoms with van der Waals surface area (Å²) in [5, 5.41) is 3.61. The fourth-order valence-electron chi connectivity index (χ4n) is 2.76. The van der Waals surface area contributed by atoms with E-state index in [2.05, 4.69) is 55.3 Å². The topological polar surface area (TPSA) is 15.3 Å². The van der Waals surface area contributed by atoms with Crippen LogP contribution in [0, 0.1) is 5.92 Å². The van der Waals surface area contributed by atoms with Crippen molar-refractivity contribution in [3.63, 3.8) is 0 Å². The summed E-state index contributed by atoms with van der Waals surface area (Å²) in [5.74, 6) is 0.734. The lowest BCUT2D eigenvalue weighted by Gasteiger charge is -2.31. The highest BCUT2D eigenvalue weighted by Crippen LogP contribution is 2.12.